The smallest absolute Gasteiger partial charge is 0.158 e. The van der Waals surface area contributed by atoms with Gasteiger partial charge in [0.25, 0.3) is 0 Å². The van der Waals surface area contributed by atoms with Crippen molar-refractivity contribution in [2.24, 2.45) is 7.05 Å². The van der Waals surface area contributed by atoms with Crippen molar-refractivity contribution in [1.29, 1.82) is 0 Å². The number of rotatable bonds is 1. The molecular weight excluding hydrogens is 454 g/mol. The van der Waals surface area contributed by atoms with Gasteiger partial charge in [0, 0.05) is 17.8 Å². The molecule has 2 aromatic heterocycles. The average Bonchev–Trinajstić information content (AvgIpc) is 3.11. The average molecular weight is 469 g/mol. The Morgan fingerprint density at radius 2 is 1.46 bits per heavy atom. The molecular formula is C21H15Br2N3. The summed E-state index contributed by atoms with van der Waals surface area (Å²) < 4.78 is 5.15. The highest BCUT2D eigenvalue weighted by atomic mass is 79.9. The molecule has 0 radical (unpaired) electrons. The van der Waals surface area contributed by atoms with Crippen LogP contribution in [0, 0.1) is 6.92 Å². The number of hydrogen-bond acceptors (Lipinski definition) is 1. The number of benzene rings is 3. The Hall–Kier alpha value is -2.11. The first-order valence-electron chi connectivity index (χ1n) is 8.38. The lowest BCUT2D eigenvalue weighted by Gasteiger charge is -2.08. The van der Waals surface area contributed by atoms with Crippen LogP contribution in [0.4, 0.5) is 0 Å². The van der Waals surface area contributed by atoms with Crippen molar-refractivity contribution in [2.45, 2.75) is 6.92 Å². The van der Waals surface area contributed by atoms with Crippen molar-refractivity contribution >= 4 is 64.7 Å². The first-order valence-corrected chi connectivity index (χ1v) is 9.88. The van der Waals surface area contributed by atoms with Crippen LogP contribution in [0.5, 0.6) is 0 Å². The summed E-state index contributed by atoms with van der Waals surface area (Å²) in [6.07, 6.45) is 0. The fraction of sp³-hybridized carbons (Fsp3) is 0.0952. The molecule has 0 atom stereocenters. The van der Waals surface area contributed by atoms with Gasteiger partial charge in [-0.2, -0.15) is 0 Å². The highest BCUT2D eigenvalue weighted by Crippen LogP contribution is 2.38. The van der Waals surface area contributed by atoms with E-state index in [0.717, 1.165) is 21.6 Å². The van der Waals surface area contributed by atoms with Crippen LogP contribution in [0.3, 0.4) is 0 Å². The maximum atomic E-state index is 5.09. The Kier molecular flexibility index (Phi) is 3.52. The first kappa shape index (κ1) is 16.1. The van der Waals surface area contributed by atoms with Crippen LogP contribution < -0.4 is 0 Å². The number of aromatic nitrogens is 3. The van der Waals surface area contributed by atoms with Crippen molar-refractivity contribution in [3.63, 3.8) is 0 Å². The minimum Gasteiger partial charge on any atom is -0.325 e. The van der Waals surface area contributed by atoms with Gasteiger partial charge in [-0.15, -0.1) is 0 Å². The second kappa shape index (κ2) is 5.69. The third kappa shape index (κ3) is 2.07. The zero-order chi connectivity index (χ0) is 18.0. The number of hydrogen-bond donors (Lipinski definition) is 0. The zero-order valence-corrected chi connectivity index (χ0v) is 17.5. The minimum absolute atomic E-state index is 0.946. The number of fused-ring (bicyclic) bond motifs is 6. The molecule has 0 aliphatic carbocycles. The maximum absolute atomic E-state index is 5.09. The molecule has 3 aromatic carbocycles. The highest BCUT2D eigenvalue weighted by Gasteiger charge is 2.20. The molecule has 0 saturated heterocycles. The number of imidazole rings is 1. The summed E-state index contributed by atoms with van der Waals surface area (Å²) in [6, 6.07) is 19.2. The summed E-state index contributed by atoms with van der Waals surface area (Å²) in [5.41, 5.74) is 4.43. The van der Waals surface area contributed by atoms with E-state index in [1.165, 1.54) is 32.6 Å². The Balaban J connectivity index is 2.03. The van der Waals surface area contributed by atoms with Crippen molar-refractivity contribution < 1.29 is 0 Å². The predicted octanol–water partition coefficient (Wildman–Crippen LogP) is 6.58. The zero-order valence-electron chi connectivity index (χ0n) is 14.3. The van der Waals surface area contributed by atoms with E-state index < -0.39 is 0 Å². The summed E-state index contributed by atoms with van der Waals surface area (Å²) in [7, 11) is 2.10. The van der Waals surface area contributed by atoms with Gasteiger partial charge in [0.15, 0.2) is 5.82 Å². The first-order chi connectivity index (χ1) is 12.6. The van der Waals surface area contributed by atoms with E-state index in [2.05, 4.69) is 105 Å². The molecule has 0 unspecified atom stereocenters. The van der Waals surface area contributed by atoms with Crippen molar-refractivity contribution in [2.75, 3.05) is 0 Å². The number of halogens is 2. The molecule has 26 heavy (non-hydrogen) atoms. The van der Waals surface area contributed by atoms with Gasteiger partial charge in [-0.25, -0.2) is 4.98 Å². The predicted molar refractivity (Wildman–Crippen MR) is 116 cm³/mol. The van der Waals surface area contributed by atoms with E-state index in [1.807, 2.05) is 3.59 Å². The lowest BCUT2D eigenvalue weighted by Crippen LogP contribution is -1.97. The molecule has 0 aliphatic rings. The molecule has 0 amide bonds. The van der Waals surface area contributed by atoms with Gasteiger partial charge in [0.1, 0.15) is 0 Å². The quantitative estimate of drug-likeness (QED) is 0.255. The highest BCUT2D eigenvalue weighted by molar-refractivity contribution is 9.12. The number of aryl methyl sites for hydroxylation is 2. The molecule has 5 heteroatoms. The van der Waals surface area contributed by atoms with Crippen molar-refractivity contribution in [3.8, 4) is 11.5 Å². The third-order valence-corrected chi connectivity index (χ3v) is 6.85. The summed E-state index contributed by atoms with van der Waals surface area (Å²) in [5.74, 6) is 0.946. The van der Waals surface area contributed by atoms with Crippen molar-refractivity contribution in [1.82, 2.24) is 13.1 Å². The van der Waals surface area contributed by atoms with E-state index in [9.17, 15) is 0 Å². The van der Waals surface area contributed by atoms with Gasteiger partial charge in [-0.3, -0.25) is 3.59 Å². The summed E-state index contributed by atoms with van der Waals surface area (Å²) in [6.45, 7) is 2.10. The van der Waals surface area contributed by atoms with Gasteiger partial charge in [-0.1, -0.05) is 48.5 Å². The molecule has 2 heterocycles. The van der Waals surface area contributed by atoms with Crippen LogP contribution >= 0.6 is 32.1 Å². The second-order valence-electron chi connectivity index (χ2n) is 6.56. The Morgan fingerprint density at radius 1 is 0.885 bits per heavy atom. The Labute approximate surface area is 167 Å². The molecule has 0 aliphatic heterocycles. The van der Waals surface area contributed by atoms with E-state index in [1.54, 1.807) is 0 Å². The van der Waals surface area contributed by atoms with Gasteiger partial charge in [-0.05, 0) is 45.3 Å². The topological polar surface area (TPSA) is 22.8 Å². The Bertz CT molecular complexity index is 1330. The van der Waals surface area contributed by atoms with E-state index in [0.29, 0.717) is 0 Å². The SMILES string of the molecule is Cc1cc(Br)n(Br)c1-c1nc2c3ccccc3c3ccccc3c2n1C. The molecule has 0 saturated carbocycles. The van der Waals surface area contributed by atoms with Crippen LogP contribution in [-0.2, 0) is 7.05 Å². The van der Waals surface area contributed by atoms with Crippen LogP contribution in [0.25, 0.3) is 44.1 Å². The van der Waals surface area contributed by atoms with E-state index >= 15 is 0 Å². The van der Waals surface area contributed by atoms with E-state index in [4.69, 9.17) is 4.98 Å². The molecule has 5 aromatic rings. The second-order valence-corrected chi connectivity index (χ2v) is 8.08. The Morgan fingerprint density at radius 3 is 2.08 bits per heavy atom. The lowest BCUT2D eigenvalue weighted by molar-refractivity contribution is 0.950. The molecule has 0 spiro atoms. The van der Waals surface area contributed by atoms with Gasteiger partial charge >= 0.3 is 0 Å². The van der Waals surface area contributed by atoms with Crippen LogP contribution in [0.2, 0.25) is 0 Å². The fourth-order valence-corrected chi connectivity index (χ4v) is 4.95. The molecule has 128 valence electrons. The molecule has 0 N–H and O–H groups in total. The minimum atomic E-state index is 0.946. The van der Waals surface area contributed by atoms with Crippen LogP contribution in [0.15, 0.2) is 59.2 Å². The summed E-state index contributed by atoms with van der Waals surface area (Å²) in [5, 5.41) is 4.92. The maximum Gasteiger partial charge on any atom is 0.158 e. The van der Waals surface area contributed by atoms with Gasteiger partial charge in [0.05, 0.1) is 37.5 Å². The molecule has 0 bridgehead atoms. The summed E-state index contributed by atoms with van der Waals surface area (Å²) in [4.78, 5) is 5.09. The molecule has 5 rings (SSSR count). The van der Waals surface area contributed by atoms with Crippen molar-refractivity contribution in [3.05, 3.63) is 64.8 Å². The largest absolute Gasteiger partial charge is 0.325 e. The van der Waals surface area contributed by atoms with Crippen LogP contribution in [0.1, 0.15) is 5.56 Å². The van der Waals surface area contributed by atoms with Crippen LogP contribution in [-0.4, -0.2) is 13.1 Å². The van der Waals surface area contributed by atoms with Gasteiger partial charge < -0.3 is 4.57 Å². The normalized spacial score (nSPS) is 11.8. The fourth-order valence-electron chi connectivity index (χ4n) is 3.88. The lowest BCUT2D eigenvalue weighted by atomic mass is 10.00. The third-order valence-electron chi connectivity index (χ3n) is 5.05. The molecule has 3 nitrogen and oxygen atoms in total. The monoisotopic (exact) mass is 467 g/mol. The standard InChI is InChI=1S/C21H15Br2N3/c1-12-11-17(22)26(23)19(12)21-24-18-15-9-5-3-7-13(15)14-8-4-6-10-16(14)20(18)25(21)2/h3-11H,1-2H3. The molecule has 0 fully saturated rings. The van der Waals surface area contributed by atoms with Gasteiger partial charge in [0.2, 0.25) is 0 Å². The van der Waals surface area contributed by atoms with E-state index in [-0.39, 0.29) is 0 Å². The number of nitrogens with zero attached hydrogens (tertiary/aromatic N) is 3. The summed E-state index contributed by atoms with van der Waals surface area (Å²) >= 11 is 7.24.